The molecule has 3 heteroatoms. The van der Waals surface area contributed by atoms with Gasteiger partial charge in [0.1, 0.15) is 0 Å². The predicted molar refractivity (Wildman–Crippen MR) is 281 cm³/mol. The molecule has 0 aliphatic carbocycles. The molecule has 3 nitrogen and oxygen atoms in total. The lowest BCUT2D eigenvalue weighted by Crippen LogP contribution is -2.20. The SMILES string of the molecule is N=C(/C(=C1\NC(c2ccccc2)=Cc2ccc(-c3cccc(-c4cc(-c5ccccc5)nc(-c5cc(-c6ccccc6)cc(-c6ccccc6)c5)c4)c3)cc21)c1ccccc1)c1ccccc1. The van der Waals surface area contributed by atoms with Crippen LogP contribution < -0.4 is 5.32 Å². The van der Waals surface area contributed by atoms with E-state index in [1.54, 1.807) is 0 Å². The van der Waals surface area contributed by atoms with Gasteiger partial charge in [0.05, 0.1) is 22.8 Å². The molecular weight excluding hydrogens is 811 g/mol. The molecule has 1 aliphatic heterocycles. The van der Waals surface area contributed by atoms with Gasteiger partial charge in [-0.15, -0.1) is 0 Å². The summed E-state index contributed by atoms with van der Waals surface area (Å²) in [6.07, 6.45) is 2.22. The lowest BCUT2D eigenvalue weighted by Gasteiger charge is -2.27. The fourth-order valence-corrected chi connectivity index (χ4v) is 9.06. The largest absolute Gasteiger partial charge is 0.354 e. The number of hydrogen-bond donors (Lipinski definition) is 2. The van der Waals surface area contributed by atoms with Crippen LogP contribution in [0.5, 0.6) is 0 Å². The molecule has 9 aromatic carbocycles. The van der Waals surface area contributed by atoms with Crippen LogP contribution in [0.15, 0.2) is 255 Å². The maximum absolute atomic E-state index is 9.76. The molecule has 10 aromatic rings. The number of aromatic nitrogens is 1. The molecule has 0 fully saturated rings. The zero-order valence-corrected chi connectivity index (χ0v) is 36.8. The van der Waals surface area contributed by atoms with Crippen molar-refractivity contribution in [3.05, 3.63) is 283 Å². The molecule has 0 saturated heterocycles. The van der Waals surface area contributed by atoms with Crippen LogP contribution in [0.25, 0.3) is 90.1 Å². The standard InChI is InChI=1S/C64H45N3/c65-63(49-30-17-6-18-31-49)62(48-28-15-5-16-29-48)64-58-40-52(34-35-53(58)41-60(67-64)47-26-13-4-14-27-47)50-32-19-33-51(36-50)56-42-59(46-24-11-3-12-25-46)66-61(43-56)57-38-54(44-20-7-1-8-21-44)37-55(39-57)45-22-9-2-10-23-45/h1-43,65,67H/b64-62-,65-63?. The molecule has 67 heavy (non-hydrogen) atoms. The third-order valence-corrected chi connectivity index (χ3v) is 12.5. The molecule has 0 saturated carbocycles. The Balaban J connectivity index is 1.06. The van der Waals surface area contributed by atoms with Crippen LogP contribution in [-0.4, -0.2) is 10.7 Å². The molecule has 2 heterocycles. The van der Waals surface area contributed by atoms with Crippen molar-refractivity contribution in [3.8, 4) is 67.0 Å². The van der Waals surface area contributed by atoms with Crippen LogP contribution in [0.1, 0.15) is 27.8 Å². The number of rotatable bonds is 10. The molecule has 0 atom stereocenters. The van der Waals surface area contributed by atoms with Gasteiger partial charge in [-0.05, 0) is 110 Å². The molecule has 0 spiro atoms. The number of benzene rings is 9. The highest BCUT2D eigenvalue weighted by Gasteiger charge is 2.24. The summed E-state index contributed by atoms with van der Waals surface area (Å²) in [5.74, 6) is 0. The third kappa shape index (κ3) is 8.58. The summed E-state index contributed by atoms with van der Waals surface area (Å²) in [6, 6.07) is 89.2. The Morgan fingerprint density at radius 3 is 1.33 bits per heavy atom. The molecule has 2 N–H and O–H groups in total. The highest BCUT2D eigenvalue weighted by atomic mass is 14.9. The van der Waals surface area contributed by atoms with Gasteiger partial charge in [-0.3, -0.25) is 5.41 Å². The van der Waals surface area contributed by atoms with Crippen molar-refractivity contribution in [1.29, 1.82) is 5.41 Å². The van der Waals surface area contributed by atoms with Crippen molar-refractivity contribution in [2.75, 3.05) is 0 Å². The van der Waals surface area contributed by atoms with Crippen LogP contribution >= 0.6 is 0 Å². The highest BCUT2D eigenvalue weighted by molar-refractivity contribution is 6.36. The minimum Gasteiger partial charge on any atom is -0.354 e. The lowest BCUT2D eigenvalue weighted by atomic mass is 9.86. The maximum Gasteiger partial charge on any atom is 0.0716 e. The molecule has 11 rings (SSSR count). The summed E-state index contributed by atoms with van der Waals surface area (Å²) in [5.41, 5.74) is 21.1. The van der Waals surface area contributed by atoms with Crippen LogP contribution in [0.2, 0.25) is 0 Å². The van der Waals surface area contributed by atoms with E-state index >= 15 is 0 Å². The Hall–Kier alpha value is -8.92. The number of nitrogens with one attached hydrogen (secondary N) is 2. The van der Waals surface area contributed by atoms with Crippen LogP contribution in [0, 0.1) is 5.41 Å². The van der Waals surface area contributed by atoms with Crippen molar-refractivity contribution in [2.24, 2.45) is 0 Å². The average Bonchev–Trinajstić information content (AvgIpc) is 3.42. The topological polar surface area (TPSA) is 48.8 Å². The number of hydrogen-bond acceptors (Lipinski definition) is 3. The van der Waals surface area contributed by atoms with Gasteiger partial charge >= 0.3 is 0 Å². The van der Waals surface area contributed by atoms with Crippen molar-refractivity contribution in [1.82, 2.24) is 10.3 Å². The van der Waals surface area contributed by atoms with E-state index in [1.165, 1.54) is 0 Å². The van der Waals surface area contributed by atoms with E-state index in [1.807, 2.05) is 60.7 Å². The van der Waals surface area contributed by atoms with Crippen LogP contribution in [0.4, 0.5) is 0 Å². The number of allylic oxidation sites excluding steroid dienone is 1. The van der Waals surface area contributed by atoms with Crippen molar-refractivity contribution in [3.63, 3.8) is 0 Å². The van der Waals surface area contributed by atoms with Gasteiger partial charge in [-0.1, -0.05) is 212 Å². The first-order valence-corrected chi connectivity index (χ1v) is 22.7. The van der Waals surface area contributed by atoms with E-state index in [0.717, 1.165) is 112 Å². The Labute approximate surface area is 392 Å². The molecule has 0 radical (unpaired) electrons. The van der Waals surface area contributed by atoms with Crippen molar-refractivity contribution >= 4 is 28.8 Å². The smallest absolute Gasteiger partial charge is 0.0716 e. The first kappa shape index (κ1) is 40.8. The maximum atomic E-state index is 9.76. The Bertz CT molecular complexity index is 3390. The second kappa shape index (κ2) is 18.3. The number of nitrogens with zero attached hydrogens (tertiary/aromatic N) is 1. The number of pyridine rings is 1. The predicted octanol–water partition coefficient (Wildman–Crippen LogP) is 16.1. The molecule has 0 bridgehead atoms. The number of fused-ring (bicyclic) bond motifs is 1. The summed E-state index contributed by atoms with van der Waals surface area (Å²) in [4.78, 5) is 5.38. The summed E-state index contributed by atoms with van der Waals surface area (Å²) < 4.78 is 0. The third-order valence-electron chi connectivity index (χ3n) is 12.5. The van der Waals surface area contributed by atoms with Gasteiger partial charge < -0.3 is 5.32 Å². The van der Waals surface area contributed by atoms with E-state index < -0.39 is 0 Å². The van der Waals surface area contributed by atoms with Crippen LogP contribution in [0.3, 0.4) is 0 Å². The first-order valence-electron chi connectivity index (χ1n) is 22.7. The fraction of sp³-hybridized carbons (Fsp3) is 0. The summed E-state index contributed by atoms with van der Waals surface area (Å²) in [6.45, 7) is 0. The molecular formula is C64H45N3. The van der Waals surface area contributed by atoms with Crippen molar-refractivity contribution in [2.45, 2.75) is 0 Å². The minimum atomic E-state index is 0.454. The van der Waals surface area contributed by atoms with E-state index in [2.05, 4.69) is 206 Å². The normalized spacial score (nSPS) is 12.6. The quantitative estimate of drug-likeness (QED) is 0.135. The molecule has 0 unspecified atom stereocenters. The summed E-state index contributed by atoms with van der Waals surface area (Å²) in [5, 5.41) is 13.6. The van der Waals surface area contributed by atoms with E-state index in [9.17, 15) is 5.41 Å². The second-order valence-electron chi connectivity index (χ2n) is 16.8. The zero-order chi connectivity index (χ0) is 44.9. The van der Waals surface area contributed by atoms with Gasteiger partial charge in [-0.25, -0.2) is 4.98 Å². The molecule has 1 aromatic heterocycles. The Morgan fingerprint density at radius 1 is 0.328 bits per heavy atom. The van der Waals surface area contributed by atoms with Crippen LogP contribution in [-0.2, 0) is 0 Å². The average molecular weight is 856 g/mol. The van der Waals surface area contributed by atoms with E-state index in [4.69, 9.17) is 4.98 Å². The molecule has 316 valence electrons. The van der Waals surface area contributed by atoms with Gasteiger partial charge in [0.2, 0.25) is 0 Å². The second-order valence-corrected chi connectivity index (χ2v) is 16.8. The monoisotopic (exact) mass is 855 g/mol. The summed E-state index contributed by atoms with van der Waals surface area (Å²) in [7, 11) is 0. The zero-order valence-electron chi connectivity index (χ0n) is 36.8. The minimum absolute atomic E-state index is 0.454. The lowest BCUT2D eigenvalue weighted by molar-refractivity contribution is 1.22. The Morgan fingerprint density at radius 2 is 0.746 bits per heavy atom. The van der Waals surface area contributed by atoms with Gasteiger partial charge in [-0.2, -0.15) is 0 Å². The summed E-state index contributed by atoms with van der Waals surface area (Å²) >= 11 is 0. The molecule has 0 amide bonds. The van der Waals surface area contributed by atoms with Gasteiger partial charge in [0, 0.05) is 33.5 Å². The van der Waals surface area contributed by atoms with Gasteiger partial charge in [0.25, 0.3) is 0 Å². The Kier molecular flexibility index (Phi) is 11.1. The van der Waals surface area contributed by atoms with E-state index in [0.29, 0.717) is 5.71 Å². The highest BCUT2D eigenvalue weighted by Crippen LogP contribution is 2.40. The molecule has 1 aliphatic rings. The fourth-order valence-electron chi connectivity index (χ4n) is 9.06. The van der Waals surface area contributed by atoms with Crippen molar-refractivity contribution < 1.29 is 0 Å². The van der Waals surface area contributed by atoms with E-state index in [-0.39, 0.29) is 0 Å². The first-order chi connectivity index (χ1) is 33.1. The van der Waals surface area contributed by atoms with Gasteiger partial charge in [0.15, 0.2) is 0 Å².